The molecule has 130 valence electrons. The molecule has 3 aromatic rings. The lowest BCUT2D eigenvalue weighted by Crippen LogP contribution is -2.38. The summed E-state index contributed by atoms with van der Waals surface area (Å²) in [6.07, 6.45) is 3.58. The van der Waals surface area contributed by atoms with E-state index in [-0.39, 0.29) is 18.5 Å². The van der Waals surface area contributed by atoms with Crippen molar-refractivity contribution < 1.29 is 4.79 Å². The number of amides is 1. The van der Waals surface area contributed by atoms with E-state index in [2.05, 4.69) is 20.6 Å². The standard InChI is InChI=1S/C17H20N6OS/c1-12-4-6-14(7-5-12)16-20-21-17(25)23(16)11-15(24)19-13(2)10-22-9-3-8-18-22/h3-9,13H,10-11H2,1-2H3,(H,19,24)(H,21,25)/t13-/m1/s1. The number of aryl methyl sites for hydroxylation is 1. The maximum absolute atomic E-state index is 12.4. The lowest BCUT2D eigenvalue weighted by Gasteiger charge is -2.15. The number of nitrogens with zero attached hydrogens (tertiary/aromatic N) is 4. The fourth-order valence-corrected chi connectivity index (χ4v) is 2.78. The first-order valence-electron chi connectivity index (χ1n) is 8.02. The molecule has 0 saturated carbocycles. The van der Waals surface area contributed by atoms with Crippen molar-refractivity contribution in [2.45, 2.75) is 33.0 Å². The molecule has 7 nitrogen and oxygen atoms in total. The molecule has 1 amide bonds. The van der Waals surface area contributed by atoms with E-state index in [4.69, 9.17) is 12.2 Å². The Morgan fingerprint density at radius 2 is 2.12 bits per heavy atom. The quantitative estimate of drug-likeness (QED) is 0.664. The Kier molecular flexibility index (Phi) is 5.08. The van der Waals surface area contributed by atoms with Crippen LogP contribution in [0.3, 0.4) is 0 Å². The Bertz CT molecular complexity index is 894. The molecule has 8 heteroatoms. The van der Waals surface area contributed by atoms with Gasteiger partial charge in [-0.2, -0.15) is 10.2 Å². The number of aromatic amines is 1. The van der Waals surface area contributed by atoms with Gasteiger partial charge in [0, 0.05) is 24.0 Å². The largest absolute Gasteiger partial charge is 0.350 e. The zero-order chi connectivity index (χ0) is 17.8. The van der Waals surface area contributed by atoms with Crippen molar-refractivity contribution in [2.24, 2.45) is 0 Å². The monoisotopic (exact) mass is 356 g/mol. The summed E-state index contributed by atoms with van der Waals surface area (Å²) < 4.78 is 3.91. The Labute approximate surface area is 150 Å². The number of aromatic nitrogens is 5. The molecule has 0 aliphatic carbocycles. The summed E-state index contributed by atoms with van der Waals surface area (Å²) in [5.74, 6) is 0.533. The third-order valence-electron chi connectivity index (χ3n) is 3.80. The average Bonchev–Trinajstić information content (AvgIpc) is 3.19. The topological polar surface area (TPSA) is 80.5 Å². The molecule has 3 rings (SSSR count). The van der Waals surface area contributed by atoms with Gasteiger partial charge >= 0.3 is 0 Å². The van der Waals surface area contributed by atoms with Crippen LogP contribution in [0.15, 0.2) is 42.7 Å². The van der Waals surface area contributed by atoms with Crippen LogP contribution in [0.5, 0.6) is 0 Å². The van der Waals surface area contributed by atoms with Crippen molar-refractivity contribution >= 4 is 18.1 Å². The molecule has 1 atom stereocenters. The van der Waals surface area contributed by atoms with Crippen LogP contribution in [0.4, 0.5) is 0 Å². The highest BCUT2D eigenvalue weighted by Crippen LogP contribution is 2.17. The zero-order valence-corrected chi connectivity index (χ0v) is 15.0. The molecule has 0 aliphatic rings. The molecule has 1 aromatic carbocycles. The van der Waals surface area contributed by atoms with Gasteiger partial charge in [-0.1, -0.05) is 29.8 Å². The molecule has 0 bridgehead atoms. The van der Waals surface area contributed by atoms with Crippen molar-refractivity contribution in [3.05, 3.63) is 53.1 Å². The number of carbonyl (C=O) groups is 1. The second-order valence-corrected chi connectivity index (χ2v) is 6.39. The van der Waals surface area contributed by atoms with E-state index in [1.165, 1.54) is 0 Å². The van der Waals surface area contributed by atoms with E-state index in [1.54, 1.807) is 15.4 Å². The molecule has 2 N–H and O–H groups in total. The van der Waals surface area contributed by atoms with Crippen LogP contribution in [0.2, 0.25) is 0 Å². The number of nitrogens with one attached hydrogen (secondary N) is 2. The molecule has 0 spiro atoms. The van der Waals surface area contributed by atoms with Gasteiger partial charge in [0.2, 0.25) is 5.91 Å². The molecule has 0 saturated heterocycles. The molecule has 0 unspecified atom stereocenters. The van der Waals surface area contributed by atoms with E-state index in [0.29, 0.717) is 17.1 Å². The predicted octanol–water partition coefficient (Wildman–Crippen LogP) is 2.32. The molecule has 25 heavy (non-hydrogen) atoms. The number of benzene rings is 1. The summed E-state index contributed by atoms with van der Waals surface area (Å²) in [5, 5.41) is 14.1. The first kappa shape index (κ1) is 17.1. The third-order valence-corrected chi connectivity index (χ3v) is 4.11. The van der Waals surface area contributed by atoms with Crippen LogP contribution in [0.25, 0.3) is 11.4 Å². The summed E-state index contributed by atoms with van der Waals surface area (Å²) in [4.78, 5) is 12.4. The highest BCUT2D eigenvalue weighted by Gasteiger charge is 2.14. The number of hydrogen-bond acceptors (Lipinski definition) is 4. The maximum Gasteiger partial charge on any atom is 0.240 e. The minimum atomic E-state index is -0.120. The maximum atomic E-state index is 12.4. The minimum Gasteiger partial charge on any atom is -0.350 e. The van der Waals surface area contributed by atoms with Crippen molar-refractivity contribution in [2.75, 3.05) is 0 Å². The predicted molar refractivity (Wildman–Crippen MR) is 97.4 cm³/mol. The molecule has 0 radical (unpaired) electrons. The Balaban J connectivity index is 1.70. The fraction of sp³-hybridized carbons (Fsp3) is 0.294. The third kappa shape index (κ3) is 4.21. The van der Waals surface area contributed by atoms with E-state index in [1.807, 2.05) is 50.4 Å². The highest BCUT2D eigenvalue weighted by atomic mass is 32.1. The number of carbonyl (C=O) groups excluding carboxylic acids is 1. The first-order chi connectivity index (χ1) is 12.0. The van der Waals surface area contributed by atoms with Gasteiger partial charge in [0.05, 0.1) is 6.54 Å². The van der Waals surface area contributed by atoms with Gasteiger partial charge < -0.3 is 5.32 Å². The van der Waals surface area contributed by atoms with Gasteiger partial charge in [0.1, 0.15) is 6.54 Å². The van der Waals surface area contributed by atoms with Gasteiger partial charge in [0.15, 0.2) is 10.6 Å². The normalized spacial score (nSPS) is 12.1. The van der Waals surface area contributed by atoms with Gasteiger partial charge in [-0.05, 0) is 32.1 Å². The summed E-state index contributed by atoms with van der Waals surface area (Å²) in [7, 11) is 0. The fourth-order valence-electron chi connectivity index (χ4n) is 2.59. The molecule has 0 aliphatic heterocycles. The molecule has 0 fully saturated rings. The van der Waals surface area contributed by atoms with Crippen molar-refractivity contribution in [3.8, 4) is 11.4 Å². The Morgan fingerprint density at radius 3 is 2.80 bits per heavy atom. The second-order valence-electron chi connectivity index (χ2n) is 6.00. The van der Waals surface area contributed by atoms with Crippen LogP contribution in [-0.2, 0) is 17.9 Å². The highest BCUT2D eigenvalue weighted by molar-refractivity contribution is 7.71. The Hall–Kier alpha value is -2.74. The number of rotatable bonds is 6. The molecular weight excluding hydrogens is 336 g/mol. The van der Waals surface area contributed by atoms with Crippen molar-refractivity contribution in [1.29, 1.82) is 0 Å². The lowest BCUT2D eigenvalue weighted by molar-refractivity contribution is -0.122. The summed E-state index contributed by atoms with van der Waals surface area (Å²) >= 11 is 5.27. The van der Waals surface area contributed by atoms with Crippen molar-refractivity contribution in [1.82, 2.24) is 29.9 Å². The van der Waals surface area contributed by atoms with Gasteiger partial charge in [-0.25, -0.2) is 0 Å². The average molecular weight is 356 g/mol. The smallest absolute Gasteiger partial charge is 0.240 e. The van der Waals surface area contributed by atoms with E-state index >= 15 is 0 Å². The summed E-state index contributed by atoms with van der Waals surface area (Å²) in [6, 6.07) is 9.75. The first-order valence-corrected chi connectivity index (χ1v) is 8.43. The molecule has 2 heterocycles. The van der Waals surface area contributed by atoms with Crippen molar-refractivity contribution in [3.63, 3.8) is 0 Å². The van der Waals surface area contributed by atoms with E-state index < -0.39 is 0 Å². The van der Waals surface area contributed by atoms with Gasteiger partial charge in [-0.15, -0.1) is 0 Å². The van der Waals surface area contributed by atoms with Gasteiger partial charge in [0.25, 0.3) is 0 Å². The SMILES string of the molecule is Cc1ccc(-c2n[nH]c(=S)n2CC(=O)N[C@H](C)Cn2cccn2)cc1. The van der Waals surface area contributed by atoms with Crippen LogP contribution in [0.1, 0.15) is 12.5 Å². The summed E-state index contributed by atoms with van der Waals surface area (Å²) in [6.45, 7) is 4.69. The van der Waals surface area contributed by atoms with Crippen LogP contribution < -0.4 is 5.32 Å². The van der Waals surface area contributed by atoms with E-state index in [0.717, 1.165) is 11.1 Å². The van der Waals surface area contributed by atoms with Crippen LogP contribution >= 0.6 is 12.2 Å². The van der Waals surface area contributed by atoms with Gasteiger partial charge in [-0.3, -0.25) is 19.1 Å². The van der Waals surface area contributed by atoms with Crippen LogP contribution in [-0.4, -0.2) is 36.5 Å². The van der Waals surface area contributed by atoms with E-state index in [9.17, 15) is 4.79 Å². The summed E-state index contributed by atoms with van der Waals surface area (Å²) in [5.41, 5.74) is 2.07. The molecule has 2 aromatic heterocycles. The number of H-pyrrole nitrogens is 1. The second kappa shape index (κ2) is 7.43. The Morgan fingerprint density at radius 1 is 1.36 bits per heavy atom. The van der Waals surface area contributed by atoms with Crippen LogP contribution in [0, 0.1) is 11.7 Å². The number of hydrogen-bond donors (Lipinski definition) is 2. The molecular formula is C17H20N6OS. The zero-order valence-electron chi connectivity index (χ0n) is 14.1. The lowest BCUT2D eigenvalue weighted by atomic mass is 10.1. The minimum absolute atomic E-state index is 0.0451.